The quantitative estimate of drug-likeness (QED) is 0.335. The second-order valence-corrected chi connectivity index (χ2v) is 12.5. The molecule has 208 valence electrons. The van der Waals surface area contributed by atoms with E-state index >= 15 is 0 Å². The molecule has 1 aliphatic carbocycles. The standard InChI is InChI=1S/C28H37NO8S/c1-3-5-13-28(4-2)16-38(35,36)22-14-18(11-12-19(22)23(29-28)17-9-7-6-8-10-17)37-21-15-20(27(33)34)24(30)26(32)25(21)31/h6-12,14,20-21,23-26,29-32H,3-5,13,15-16H2,1-2H3,(H,33,34)/t20-,21+,23?,24+,25-,26-,28?/m0/s1. The second kappa shape index (κ2) is 11.3. The average molecular weight is 548 g/mol. The first-order chi connectivity index (χ1) is 18.0. The van der Waals surface area contributed by atoms with Crippen molar-refractivity contribution in [3.05, 3.63) is 59.7 Å². The number of aliphatic hydroxyl groups excluding tert-OH is 3. The van der Waals surface area contributed by atoms with Gasteiger partial charge in [-0.2, -0.15) is 0 Å². The Bertz CT molecular complexity index is 1240. The number of rotatable bonds is 8. The van der Waals surface area contributed by atoms with Gasteiger partial charge in [0.15, 0.2) is 9.84 Å². The number of carboxylic acids is 1. The van der Waals surface area contributed by atoms with Crippen molar-refractivity contribution in [2.45, 2.75) is 86.8 Å². The Morgan fingerprint density at radius 1 is 1.05 bits per heavy atom. The molecule has 2 aromatic rings. The molecule has 2 aromatic carbocycles. The summed E-state index contributed by atoms with van der Waals surface area (Å²) in [5.74, 6) is -2.61. The van der Waals surface area contributed by atoms with Crippen LogP contribution in [0, 0.1) is 5.92 Å². The minimum Gasteiger partial charge on any atom is -0.488 e. The first kappa shape index (κ1) is 28.5. The summed E-state index contributed by atoms with van der Waals surface area (Å²) in [6, 6.07) is 14.0. The number of carboxylic acid groups (broad SMARTS) is 1. The zero-order valence-electron chi connectivity index (χ0n) is 21.7. The summed E-state index contributed by atoms with van der Waals surface area (Å²) in [6.45, 7) is 4.07. The summed E-state index contributed by atoms with van der Waals surface area (Å²) in [4.78, 5) is 11.7. The molecule has 1 fully saturated rings. The van der Waals surface area contributed by atoms with Crippen LogP contribution in [0.2, 0.25) is 0 Å². The Labute approximate surface area is 223 Å². The molecule has 38 heavy (non-hydrogen) atoms. The van der Waals surface area contributed by atoms with Gasteiger partial charge in [0.2, 0.25) is 0 Å². The topological polar surface area (TPSA) is 153 Å². The van der Waals surface area contributed by atoms with Gasteiger partial charge < -0.3 is 25.2 Å². The van der Waals surface area contributed by atoms with Crippen LogP contribution in [0.3, 0.4) is 0 Å². The Morgan fingerprint density at radius 2 is 1.76 bits per heavy atom. The molecule has 5 N–H and O–H groups in total. The molecule has 0 saturated heterocycles. The lowest BCUT2D eigenvalue weighted by atomic mass is 9.81. The van der Waals surface area contributed by atoms with E-state index in [1.165, 1.54) is 6.07 Å². The van der Waals surface area contributed by atoms with Crippen molar-refractivity contribution in [1.82, 2.24) is 5.32 Å². The number of aliphatic hydroxyl groups is 3. The molecule has 2 unspecified atom stereocenters. The summed E-state index contributed by atoms with van der Waals surface area (Å²) in [7, 11) is -3.78. The molecule has 0 aromatic heterocycles. The summed E-state index contributed by atoms with van der Waals surface area (Å²) < 4.78 is 33.6. The number of carbonyl (C=O) groups is 1. The normalized spacial score (nSPS) is 32.7. The van der Waals surface area contributed by atoms with Crippen LogP contribution < -0.4 is 10.1 Å². The fourth-order valence-corrected chi connectivity index (χ4v) is 7.80. The molecule has 2 aliphatic rings. The largest absolute Gasteiger partial charge is 0.488 e. The van der Waals surface area contributed by atoms with Crippen molar-refractivity contribution < 1.29 is 38.4 Å². The van der Waals surface area contributed by atoms with Gasteiger partial charge in [-0.05, 0) is 36.1 Å². The molecule has 9 nitrogen and oxygen atoms in total. The number of benzene rings is 2. The summed E-state index contributed by atoms with van der Waals surface area (Å²) in [5, 5.41) is 43.9. The lowest BCUT2D eigenvalue weighted by Gasteiger charge is -2.38. The Kier molecular flexibility index (Phi) is 8.49. The number of ether oxygens (including phenoxy) is 1. The van der Waals surface area contributed by atoms with Gasteiger partial charge in [0, 0.05) is 12.0 Å². The van der Waals surface area contributed by atoms with Crippen molar-refractivity contribution in [3.63, 3.8) is 0 Å². The van der Waals surface area contributed by atoms with Gasteiger partial charge in [0.25, 0.3) is 0 Å². The zero-order chi connectivity index (χ0) is 27.7. The highest BCUT2D eigenvalue weighted by molar-refractivity contribution is 7.91. The van der Waals surface area contributed by atoms with Crippen LogP contribution in [0.5, 0.6) is 5.75 Å². The van der Waals surface area contributed by atoms with E-state index in [4.69, 9.17) is 4.74 Å². The van der Waals surface area contributed by atoms with Gasteiger partial charge in [-0.25, -0.2) is 8.42 Å². The van der Waals surface area contributed by atoms with Crippen LogP contribution in [0.25, 0.3) is 0 Å². The van der Waals surface area contributed by atoms with Gasteiger partial charge in [0.05, 0.1) is 28.7 Å². The molecule has 1 saturated carbocycles. The lowest BCUT2D eigenvalue weighted by Crippen LogP contribution is -2.57. The number of unbranched alkanes of at least 4 members (excludes halogenated alkanes) is 1. The Balaban J connectivity index is 1.75. The molecular formula is C28H37NO8S. The maximum atomic E-state index is 13.9. The van der Waals surface area contributed by atoms with E-state index in [2.05, 4.69) is 12.2 Å². The first-order valence-electron chi connectivity index (χ1n) is 13.1. The molecular weight excluding hydrogens is 510 g/mol. The predicted octanol–water partition coefficient (Wildman–Crippen LogP) is 2.43. The minimum absolute atomic E-state index is 0.0890. The van der Waals surface area contributed by atoms with Crippen LogP contribution in [0.4, 0.5) is 0 Å². The number of nitrogens with one attached hydrogen (secondary N) is 1. The van der Waals surface area contributed by atoms with Gasteiger partial charge in [-0.15, -0.1) is 0 Å². The number of fused-ring (bicyclic) bond motifs is 1. The van der Waals surface area contributed by atoms with E-state index in [1.807, 2.05) is 37.3 Å². The molecule has 10 heteroatoms. The number of sulfone groups is 1. The molecule has 1 aliphatic heterocycles. The molecule has 0 amide bonds. The van der Waals surface area contributed by atoms with Gasteiger partial charge in [0.1, 0.15) is 24.1 Å². The predicted molar refractivity (Wildman–Crippen MR) is 141 cm³/mol. The summed E-state index contributed by atoms with van der Waals surface area (Å²) >= 11 is 0. The van der Waals surface area contributed by atoms with Crippen molar-refractivity contribution in [2.24, 2.45) is 5.92 Å². The fraction of sp³-hybridized carbons (Fsp3) is 0.536. The molecule has 4 rings (SSSR count). The Hall–Kier alpha value is -2.50. The summed E-state index contributed by atoms with van der Waals surface area (Å²) in [5.41, 5.74) is 0.876. The number of aliphatic carboxylic acids is 1. The fourth-order valence-electron chi connectivity index (χ4n) is 5.64. The highest BCUT2D eigenvalue weighted by Crippen LogP contribution is 2.40. The van der Waals surface area contributed by atoms with E-state index in [1.54, 1.807) is 12.1 Å². The third-order valence-corrected chi connectivity index (χ3v) is 9.91. The van der Waals surface area contributed by atoms with Gasteiger partial charge in [-0.3, -0.25) is 10.1 Å². The lowest BCUT2D eigenvalue weighted by molar-refractivity contribution is -0.174. The van der Waals surface area contributed by atoms with Crippen LogP contribution in [-0.4, -0.2) is 70.5 Å². The van der Waals surface area contributed by atoms with E-state index in [0.717, 1.165) is 18.4 Å². The van der Waals surface area contributed by atoms with Gasteiger partial charge in [-0.1, -0.05) is 63.1 Å². The number of hydrogen-bond acceptors (Lipinski definition) is 8. The van der Waals surface area contributed by atoms with Crippen molar-refractivity contribution in [3.8, 4) is 5.75 Å². The van der Waals surface area contributed by atoms with Gasteiger partial charge >= 0.3 is 5.97 Å². The van der Waals surface area contributed by atoms with Crippen LogP contribution in [0.15, 0.2) is 53.4 Å². The van der Waals surface area contributed by atoms with E-state index < -0.39 is 51.7 Å². The zero-order valence-corrected chi connectivity index (χ0v) is 22.5. The maximum Gasteiger partial charge on any atom is 0.309 e. The monoisotopic (exact) mass is 547 g/mol. The minimum atomic E-state index is -3.78. The van der Waals surface area contributed by atoms with Crippen LogP contribution in [0.1, 0.15) is 63.1 Å². The summed E-state index contributed by atoms with van der Waals surface area (Å²) in [6.07, 6.45) is -3.16. The van der Waals surface area contributed by atoms with Crippen molar-refractivity contribution >= 4 is 15.8 Å². The van der Waals surface area contributed by atoms with E-state index in [0.29, 0.717) is 18.4 Å². The molecule has 0 radical (unpaired) electrons. The van der Waals surface area contributed by atoms with E-state index in [-0.39, 0.29) is 28.9 Å². The Morgan fingerprint density at radius 3 is 2.39 bits per heavy atom. The molecule has 7 atom stereocenters. The maximum absolute atomic E-state index is 13.9. The van der Waals surface area contributed by atoms with Crippen molar-refractivity contribution in [2.75, 3.05) is 5.75 Å². The first-order valence-corrected chi connectivity index (χ1v) is 14.8. The second-order valence-electron chi connectivity index (χ2n) is 10.5. The van der Waals surface area contributed by atoms with Crippen LogP contribution in [-0.2, 0) is 14.6 Å². The van der Waals surface area contributed by atoms with Crippen molar-refractivity contribution in [1.29, 1.82) is 0 Å². The third-order valence-electron chi connectivity index (χ3n) is 7.95. The molecule has 0 bridgehead atoms. The average Bonchev–Trinajstić information content (AvgIpc) is 3.00. The van der Waals surface area contributed by atoms with Crippen LogP contribution >= 0.6 is 0 Å². The molecule has 1 heterocycles. The van der Waals surface area contributed by atoms with E-state index in [9.17, 15) is 33.6 Å². The molecule has 0 spiro atoms. The third kappa shape index (κ3) is 5.60. The highest BCUT2D eigenvalue weighted by atomic mass is 32.2. The SMILES string of the molecule is CCCCC1(CC)CS(=O)(=O)c2cc(O[C@@H]3C[C@H](C(=O)O)[C@@H](O)[C@H](O)[C@H]3O)ccc2C(c2ccccc2)N1. The smallest absolute Gasteiger partial charge is 0.309 e. The number of hydrogen-bond donors (Lipinski definition) is 5. The highest BCUT2D eigenvalue weighted by Gasteiger charge is 2.47.